The van der Waals surface area contributed by atoms with Crippen molar-refractivity contribution in [2.24, 2.45) is 0 Å². The average Bonchev–Trinajstić information content (AvgIpc) is 2.54. The fourth-order valence-corrected chi connectivity index (χ4v) is 2.25. The van der Waals surface area contributed by atoms with Crippen molar-refractivity contribution >= 4 is 10.9 Å². The number of para-hydroxylation sites is 2. The van der Waals surface area contributed by atoms with Gasteiger partial charge in [0.25, 0.3) is 0 Å². The van der Waals surface area contributed by atoms with Crippen molar-refractivity contribution in [1.29, 1.82) is 0 Å². The predicted octanol–water partition coefficient (Wildman–Crippen LogP) is 3.79. The van der Waals surface area contributed by atoms with Crippen LogP contribution in [0.2, 0.25) is 0 Å². The third kappa shape index (κ3) is 3.20. The molecule has 3 heteroatoms. The molecule has 3 rings (SSSR count). The van der Waals surface area contributed by atoms with Gasteiger partial charge in [-0.25, -0.2) is 4.98 Å². The third-order valence-corrected chi connectivity index (χ3v) is 3.34. The first kappa shape index (κ1) is 13.6. The summed E-state index contributed by atoms with van der Waals surface area (Å²) in [5.41, 5.74) is 1.98. The fraction of sp³-hybridized carbons (Fsp3) is 0.167. The molecule has 0 fully saturated rings. The average molecular weight is 278 g/mol. The van der Waals surface area contributed by atoms with E-state index in [2.05, 4.69) is 23.5 Å². The van der Waals surface area contributed by atoms with E-state index >= 15 is 0 Å². The predicted molar refractivity (Wildman–Crippen MR) is 85.9 cm³/mol. The van der Waals surface area contributed by atoms with E-state index in [1.54, 1.807) is 0 Å². The van der Waals surface area contributed by atoms with Crippen LogP contribution >= 0.6 is 0 Å². The molecular weight excluding hydrogens is 260 g/mol. The van der Waals surface area contributed by atoms with Crippen molar-refractivity contribution < 1.29 is 4.74 Å². The molecule has 0 aliphatic heterocycles. The number of benzene rings is 2. The van der Waals surface area contributed by atoms with E-state index in [4.69, 9.17) is 9.72 Å². The summed E-state index contributed by atoms with van der Waals surface area (Å²) in [4.78, 5) is 4.74. The van der Waals surface area contributed by atoms with Crippen molar-refractivity contribution in [3.8, 4) is 11.5 Å². The Morgan fingerprint density at radius 3 is 2.62 bits per heavy atom. The van der Waals surface area contributed by atoms with Gasteiger partial charge in [0.1, 0.15) is 11.3 Å². The van der Waals surface area contributed by atoms with E-state index in [1.165, 1.54) is 0 Å². The SMILES string of the molecule is CNCCc1ccc2cccc(Oc3ccccc3)c2n1. The molecule has 0 aliphatic carbocycles. The zero-order valence-corrected chi connectivity index (χ0v) is 12.0. The summed E-state index contributed by atoms with van der Waals surface area (Å²) in [6.07, 6.45) is 0.909. The maximum atomic E-state index is 5.97. The molecule has 0 spiro atoms. The van der Waals surface area contributed by atoms with Crippen LogP contribution in [0.1, 0.15) is 5.69 Å². The lowest BCUT2D eigenvalue weighted by Gasteiger charge is -2.09. The van der Waals surface area contributed by atoms with Crippen LogP contribution in [0.4, 0.5) is 0 Å². The van der Waals surface area contributed by atoms with Crippen molar-refractivity contribution in [3.63, 3.8) is 0 Å². The van der Waals surface area contributed by atoms with Gasteiger partial charge in [0.2, 0.25) is 0 Å². The van der Waals surface area contributed by atoms with Crippen molar-refractivity contribution in [2.75, 3.05) is 13.6 Å². The molecule has 1 heterocycles. The molecule has 1 N–H and O–H groups in total. The second-order valence-electron chi connectivity index (χ2n) is 4.90. The largest absolute Gasteiger partial charge is 0.455 e. The number of hydrogen-bond acceptors (Lipinski definition) is 3. The monoisotopic (exact) mass is 278 g/mol. The highest BCUT2D eigenvalue weighted by atomic mass is 16.5. The summed E-state index contributed by atoms with van der Waals surface area (Å²) in [7, 11) is 1.95. The first-order valence-electron chi connectivity index (χ1n) is 7.13. The molecule has 0 radical (unpaired) electrons. The Balaban J connectivity index is 1.97. The number of hydrogen-bond donors (Lipinski definition) is 1. The number of aromatic nitrogens is 1. The first-order chi connectivity index (χ1) is 10.4. The second-order valence-corrected chi connectivity index (χ2v) is 4.90. The summed E-state index contributed by atoms with van der Waals surface area (Å²) >= 11 is 0. The van der Waals surface area contributed by atoms with Crippen LogP contribution in [0.3, 0.4) is 0 Å². The summed E-state index contributed by atoms with van der Waals surface area (Å²) in [6, 6.07) is 20.0. The van der Waals surface area contributed by atoms with Crippen LogP contribution in [0.15, 0.2) is 60.7 Å². The van der Waals surface area contributed by atoms with Crippen molar-refractivity contribution in [2.45, 2.75) is 6.42 Å². The van der Waals surface area contributed by atoms with E-state index in [0.29, 0.717) is 0 Å². The molecule has 0 aliphatic rings. The van der Waals surface area contributed by atoms with Gasteiger partial charge in [-0.15, -0.1) is 0 Å². The Hall–Kier alpha value is -2.39. The van der Waals surface area contributed by atoms with Crippen LogP contribution in [-0.4, -0.2) is 18.6 Å². The quantitative estimate of drug-likeness (QED) is 0.771. The molecule has 3 nitrogen and oxygen atoms in total. The number of nitrogens with zero attached hydrogens (tertiary/aromatic N) is 1. The maximum absolute atomic E-state index is 5.97. The highest BCUT2D eigenvalue weighted by Gasteiger charge is 2.06. The molecule has 0 amide bonds. The molecule has 106 valence electrons. The molecule has 0 bridgehead atoms. The Bertz CT molecular complexity index is 726. The summed E-state index contributed by atoms with van der Waals surface area (Å²) in [6.45, 7) is 0.917. The molecule has 2 aromatic carbocycles. The smallest absolute Gasteiger partial charge is 0.153 e. The lowest BCUT2D eigenvalue weighted by molar-refractivity contribution is 0.487. The molecule has 0 saturated heterocycles. The summed E-state index contributed by atoms with van der Waals surface area (Å²) < 4.78 is 5.97. The Labute approximate surface area is 124 Å². The number of fused-ring (bicyclic) bond motifs is 1. The maximum Gasteiger partial charge on any atom is 0.153 e. The minimum Gasteiger partial charge on any atom is -0.455 e. The number of ether oxygens (including phenoxy) is 1. The van der Waals surface area contributed by atoms with E-state index in [9.17, 15) is 0 Å². The lowest BCUT2D eigenvalue weighted by atomic mass is 10.1. The van der Waals surface area contributed by atoms with Crippen LogP contribution in [0, 0.1) is 0 Å². The van der Waals surface area contributed by atoms with Gasteiger partial charge in [0.05, 0.1) is 0 Å². The number of nitrogens with one attached hydrogen (secondary N) is 1. The van der Waals surface area contributed by atoms with Gasteiger partial charge in [-0.3, -0.25) is 0 Å². The zero-order chi connectivity index (χ0) is 14.5. The minimum absolute atomic E-state index is 0.796. The van der Waals surface area contributed by atoms with Gasteiger partial charge in [0.15, 0.2) is 5.75 Å². The van der Waals surface area contributed by atoms with Gasteiger partial charge in [-0.05, 0) is 31.3 Å². The summed E-state index contributed by atoms with van der Waals surface area (Å²) in [5, 5.41) is 4.24. The molecule has 0 unspecified atom stereocenters. The highest BCUT2D eigenvalue weighted by molar-refractivity contribution is 5.84. The second kappa shape index (κ2) is 6.37. The highest BCUT2D eigenvalue weighted by Crippen LogP contribution is 2.28. The minimum atomic E-state index is 0.796. The fourth-order valence-electron chi connectivity index (χ4n) is 2.25. The number of likely N-dealkylation sites (N-methyl/N-ethyl adjacent to an activating group) is 1. The van der Waals surface area contributed by atoms with Crippen LogP contribution < -0.4 is 10.1 Å². The zero-order valence-electron chi connectivity index (χ0n) is 12.0. The van der Waals surface area contributed by atoms with Gasteiger partial charge in [-0.1, -0.05) is 36.4 Å². The Morgan fingerprint density at radius 2 is 1.81 bits per heavy atom. The first-order valence-corrected chi connectivity index (χ1v) is 7.13. The van der Waals surface area contributed by atoms with Gasteiger partial charge < -0.3 is 10.1 Å². The normalized spacial score (nSPS) is 10.7. The van der Waals surface area contributed by atoms with Gasteiger partial charge in [0, 0.05) is 24.0 Å². The number of pyridine rings is 1. The molecule has 21 heavy (non-hydrogen) atoms. The van der Waals surface area contributed by atoms with Crippen LogP contribution in [0.25, 0.3) is 10.9 Å². The van der Waals surface area contributed by atoms with Crippen molar-refractivity contribution in [1.82, 2.24) is 10.3 Å². The van der Waals surface area contributed by atoms with E-state index < -0.39 is 0 Å². The molecule has 0 atom stereocenters. The Morgan fingerprint density at radius 1 is 0.952 bits per heavy atom. The topological polar surface area (TPSA) is 34.1 Å². The van der Waals surface area contributed by atoms with Crippen LogP contribution in [-0.2, 0) is 6.42 Å². The van der Waals surface area contributed by atoms with E-state index in [1.807, 2.05) is 49.5 Å². The summed E-state index contributed by atoms with van der Waals surface area (Å²) in [5.74, 6) is 1.62. The standard InChI is InChI=1S/C18H18N2O/c1-19-13-12-15-11-10-14-6-5-9-17(18(14)20-15)21-16-7-3-2-4-8-16/h2-11,19H,12-13H2,1H3. The molecule has 0 saturated carbocycles. The molecule has 1 aromatic heterocycles. The van der Waals surface area contributed by atoms with E-state index in [-0.39, 0.29) is 0 Å². The van der Waals surface area contributed by atoms with Gasteiger partial charge >= 0.3 is 0 Å². The third-order valence-electron chi connectivity index (χ3n) is 3.34. The molecule has 3 aromatic rings. The molecular formula is C18H18N2O. The van der Waals surface area contributed by atoms with Crippen molar-refractivity contribution in [3.05, 3.63) is 66.4 Å². The number of rotatable bonds is 5. The van der Waals surface area contributed by atoms with Crippen LogP contribution in [0.5, 0.6) is 11.5 Å². The van der Waals surface area contributed by atoms with Gasteiger partial charge in [-0.2, -0.15) is 0 Å². The van der Waals surface area contributed by atoms with E-state index in [0.717, 1.165) is 41.1 Å². The lowest BCUT2D eigenvalue weighted by Crippen LogP contribution is -2.11. The Kier molecular flexibility index (Phi) is 4.12.